The maximum Gasteiger partial charge on any atom is 0.166 e. The molecule has 0 aliphatic carbocycles. The fourth-order valence-electron chi connectivity index (χ4n) is 1.62. The number of nitrogens with one attached hydrogen (secondary N) is 1. The van der Waals surface area contributed by atoms with Gasteiger partial charge in [-0.05, 0) is 25.6 Å². The molecule has 5 heteroatoms. The Kier molecular flexibility index (Phi) is 6.22. The fraction of sp³-hybridized carbons (Fsp3) is 0.583. The number of hydrogen-bond acceptors (Lipinski definition) is 3. The quantitative estimate of drug-likeness (QED) is 0.816. The molecular weight excluding hydrogens is 241 g/mol. The molecule has 0 amide bonds. The summed E-state index contributed by atoms with van der Waals surface area (Å²) in [6.45, 7) is 7.90. The smallest absolute Gasteiger partial charge is 0.166 e. The number of aromatic nitrogens is 1. The Hall–Kier alpha value is -0.870. The number of pyridine rings is 1. The average Bonchev–Trinajstić information content (AvgIpc) is 2.30. The molecule has 3 nitrogen and oxygen atoms in total. The van der Waals surface area contributed by atoms with Gasteiger partial charge < -0.3 is 10.2 Å². The van der Waals surface area contributed by atoms with E-state index in [1.54, 1.807) is 0 Å². The van der Waals surface area contributed by atoms with Gasteiger partial charge in [-0.25, -0.2) is 9.37 Å². The Balaban J connectivity index is 2.39. The van der Waals surface area contributed by atoms with Gasteiger partial charge >= 0.3 is 0 Å². The highest BCUT2D eigenvalue weighted by Gasteiger charge is 2.05. The molecule has 0 aliphatic rings. The second kappa shape index (κ2) is 7.45. The monoisotopic (exact) mass is 259 g/mol. The average molecular weight is 260 g/mol. The lowest BCUT2D eigenvalue weighted by atomic mass is 10.4. The van der Waals surface area contributed by atoms with Crippen LogP contribution in [-0.4, -0.2) is 36.1 Å². The van der Waals surface area contributed by atoms with E-state index in [4.69, 9.17) is 11.6 Å². The van der Waals surface area contributed by atoms with Crippen LogP contribution in [0.4, 0.5) is 10.2 Å². The van der Waals surface area contributed by atoms with Gasteiger partial charge in [-0.3, -0.25) is 0 Å². The summed E-state index contributed by atoms with van der Waals surface area (Å²) in [5.41, 5.74) is 0. The maximum atomic E-state index is 13.4. The van der Waals surface area contributed by atoms with Crippen molar-refractivity contribution in [2.75, 3.05) is 31.5 Å². The number of anilines is 1. The van der Waals surface area contributed by atoms with E-state index < -0.39 is 5.82 Å². The minimum absolute atomic E-state index is 0.266. The van der Waals surface area contributed by atoms with Gasteiger partial charge in [0, 0.05) is 19.3 Å². The third kappa shape index (κ3) is 4.88. The van der Waals surface area contributed by atoms with E-state index in [1.165, 1.54) is 12.3 Å². The van der Waals surface area contributed by atoms with Crippen LogP contribution < -0.4 is 5.32 Å². The van der Waals surface area contributed by atoms with Crippen molar-refractivity contribution < 1.29 is 4.39 Å². The Morgan fingerprint density at radius 3 is 2.76 bits per heavy atom. The third-order valence-corrected chi connectivity index (χ3v) is 2.72. The summed E-state index contributed by atoms with van der Waals surface area (Å²) in [6, 6.07) is 1.26. The molecule has 0 saturated heterocycles. The van der Waals surface area contributed by atoms with Crippen molar-refractivity contribution in [3.63, 3.8) is 0 Å². The molecule has 0 spiro atoms. The van der Waals surface area contributed by atoms with Crippen LogP contribution >= 0.6 is 11.6 Å². The predicted molar refractivity (Wildman–Crippen MR) is 70.1 cm³/mol. The highest BCUT2D eigenvalue weighted by molar-refractivity contribution is 6.30. The molecule has 0 bridgehead atoms. The second-order valence-corrected chi connectivity index (χ2v) is 4.28. The molecule has 1 heterocycles. The van der Waals surface area contributed by atoms with E-state index in [0.29, 0.717) is 11.6 Å². The molecule has 0 fully saturated rings. The first-order chi connectivity index (χ1) is 8.17. The van der Waals surface area contributed by atoms with Crippen molar-refractivity contribution in [3.8, 4) is 0 Å². The lowest BCUT2D eigenvalue weighted by Crippen LogP contribution is -2.29. The summed E-state index contributed by atoms with van der Waals surface area (Å²) in [5.74, 6) is -0.141. The van der Waals surface area contributed by atoms with Gasteiger partial charge in [0.25, 0.3) is 0 Å². The van der Waals surface area contributed by atoms with E-state index in [0.717, 1.165) is 26.1 Å². The molecule has 0 unspecified atom stereocenters. The predicted octanol–water partition coefficient (Wildman–Crippen LogP) is 3.02. The molecule has 0 saturated carbocycles. The molecule has 0 aromatic carbocycles. The first-order valence-electron chi connectivity index (χ1n) is 5.94. The second-order valence-electron chi connectivity index (χ2n) is 3.85. The Bertz CT molecular complexity index is 347. The van der Waals surface area contributed by atoms with Crippen molar-refractivity contribution in [2.24, 2.45) is 0 Å². The van der Waals surface area contributed by atoms with Gasteiger partial charge in [0.1, 0.15) is 0 Å². The largest absolute Gasteiger partial charge is 0.366 e. The Morgan fingerprint density at radius 1 is 1.41 bits per heavy atom. The van der Waals surface area contributed by atoms with Crippen LogP contribution in [0, 0.1) is 5.82 Å². The van der Waals surface area contributed by atoms with Crippen LogP contribution in [0.15, 0.2) is 12.3 Å². The van der Waals surface area contributed by atoms with Gasteiger partial charge in [0.2, 0.25) is 0 Å². The summed E-state index contributed by atoms with van der Waals surface area (Å²) in [6.07, 6.45) is 2.57. The summed E-state index contributed by atoms with van der Waals surface area (Å²) in [4.78, 5) is 6.22. The zero-order valence-electron chi connectivity index (χ0n) is 10.3. The first kappa shape index (κ1) is 14.2. The fourth-order valence-corrected chi connectivity index (χ4v) is 1.77. The summed E-state index contributed by atoms with van der Waals surface area (Å²) in [5, 5.41) is 3.29. The zero-order valence-corrected chi connectivity index (χ0v) is 11.1. The van der Waals surface area contributed by atoms with Crippen molar-refractivity contribution in [1.29, 1.82) is 0 Å². The van der Waals surface area contributed by atoms with Gasteiger partial charge in [-0.15, -0.1) is 0 Å². The normalized spacial score (nSPS) is 10.9. The van der Waals surface area contributed by atoms with Crippen LogP contribution in [0.5, 0.6) is 0 Å². The Morgan fingerprint density at radius 2 is 2.18 bits per heavy atom. The van der Waals surface area contributed by atoms with Crippen LogP contribution in [0.2, 0.25) is 5.02 Å². The molecule has 0 aliphatic heterocycles. The van der Waals surface area contributed by atoms with Gasteiger partial charge in [0.15, 0.2) is 11.6 Å². The van der Waals surface area contributed by atoms with E-state index >= 15 is 0 Å². The van der Waals surface area contributed by atoms with Crippen molar-refractivity contribution in [1.82, 2.24) is 9.88 Å². The SMILES string of the molecule is CCCN(CC)CCNc1ncc(Cl)cc1F. The molecule has 0 atom stereocenters. The van der Waals surface area contributed by atoms with Gasteiger partial charge in [-0.2, -0.15) is 0 Å². The third-order valence-electron chi connectivity index (χ3n) is 2.52. The van der Waals surface area contributed by atoms with Gasteiger partial charge in [-0.1, -0.05) is 25.4 Å². The number of likely N-dealkylation sites (N-methyl/N-ethyl adjacent to an activating group) is 1. The van der Waals surface area contributed by atoms with Crippen LogP contribution in [0.3, 0.4) is 0 Å². The lowest BCUT2D eigenvalue weighted by molar-refractivity contribution is 0.300. The molecule has 96 valence electrons. The van der Waals surface area contributed by atoms with Crippen molar-refractivity contribution in [3.05, 3.63) is 23.1 Å². The minimum atomic E-state index is -0.406. The minimum Gasteiger partial charge on any atom is -0.366 e. The molecule has 1 N–H and O–H groups in total. The molecule has 0 radical (unpaired) electrons. The molecule has 1 aromatic heterocycles. The van der Waals surface area contributed by atoms with E-state index in [9.17, 15) is 4.39 Å². The number of halogens is 2. The molecule has 17 heavy (non-hydrogen) atoms. The molecule has 1 aromatic rings. The number of nitrogens with zero attached hydrogens (tertiary/aromatic N) is 2. The Labute approximate surface area is 107 Å². The zero-order chi connectivity index (χ0) is 12.7. The number of rotatable bonds is 7. The summed E-state index contributed by atoms with van der Waals surface area (Å²) in [7, 11) is 0. The van der Waals surface area contributed by atoms with E-state index in [1.807, 2.05) is 0 Å². The van der Waals surface area contributed by atoms with E-state index in [2.05, 4.69) is 29.0 Å². The van der Waals surface area contributed by atoms with Crippen LogP contribution in [0.1, 0.15) is 20.3 Å². The highest BCUT2D eigenvalue weighted by atomic mass is 35.5. The van der Waals surface area contributed by atoms with Gasteiger partial charge in [0.05, 0.1) is 5.02 Å². The van der Waals surface area contributed by atoms with Crippen molar-refractivity contribution >= 4 is 17.4 Å². The van der Waals surface area contributed by atoms with Crippen LogP contribution in [0.25, 0.3) is 0 Å². The van der Waals surface area contributed by atoms with Crippen molar-refractivity contribution in [2.45, 2.75) is 20.3 Å². The summed E-state index contributed by atoms with van der Waals surface area (Å²) < 4.78 is 13.4. The maximum absolute atomic E-state index is 13.4. The summed E-state index contributed by atoms with van der Waals surface area (Å²) >= 11 is 5.63. The first-order valence-corrected chi connectivity index (χ1v) is 6.32. The van der Waals surface area contributed by atoms with Crippen LogP contribution in [-0.2, 0) is 0 Å². The standard InChI is InChI=1S/C12H19ClFN3/c1-3-6-17(4-2)7-5-15-12-11(14)8-10(13)9-16-12/h8-9H,3-7H2,1-2H3,(H,15,16). The molecular formula is C12H19ClFN3. The highest BCUT2D eigenvalue weighted by Crippen LogP contribution is 2.14. The lowest BCUT2D eigenvalue weighted by Gasteiger charge is -2.19. The molecule has 1 rings (SSSR count). The topological polar surface area (TPSA) is 28.2 Å². The van der Waals surface area contributed by atoms with E-state index in [-0.39, 0.29) is 5.82 Å². The number of hydrogen-bond donors (Lipinski definition) is 1.